The summed E-state index contributed by atoms with van der Waals surface area (Å²) in [4.78, 5) is 12.0. The van der Waals surface area contributed by atoms with Crippen molar-refractivity contribution in [3.8, 4) is 11.3 Å². The highest BCUT2D eigenvalue weighted by Crippen LogP contribution is 2.22. The Morgan fingerprint density at radius 3 is 2.79 bits per heavy atom. The van der Waals surface area contributed by atoms with E-state index in [1.54, 1.807) is 18.3 Å². The lowest BCUT2D eigenvalue weighted by Crippen LogP contribution is -2.24. The van der Waals surface area contributed by atoms with Crippen molar-refractivity contribution in [1.82, 2.24) is 15.5 Å². The Hall–Kier alpha value is -1.81. The third-order valence-corrected chi connectivity index (χ3v) is 3.08. The van der Waals surface area contributed by atoms with Gasteiger partial charge in [0.15, 0.2) is 0 Å². The van der Waals surface area contributed by atoms with Gasteiger partial charge in [-0.3, -0.25) is 9.89 Å². The van der Waals surface area contributed by atoms with Crippen LogP contribution in [0.25, 0.3) is 11.3 Å². The average molecular weight is 278 g/mol. The van der Waals surface area contributed by atoms with E-state index in [0.717, 1.165) is 18.4 Å². The van der Waals surface area contributed by atoms with Gasteiger partial charge in [0, 0.05) is 17.1 Å². The second-order valence-electron chi connectivity index (χ2n) is 4.28. The molecular formula is C14H16ClN3O. The first-order valence-corrected chi connectivity index (χ1v) is 6.67. The first-order chi connectivity index (χ1) is 9.22. The molecule has 2 aromatic rings. The summed E-state index contributed by atoms with van der Waals surface area (Å²) in [6.07, 6.45) is 3.57. The van der Waals surface area contributed by atoms with Gasteiger partial charge in [-0.25, -0.2) is 0 Å². The Morgan fingerprint density at radius 2 is 2.11 bits per heavy atom. The van der Waals surface area contributed by atoms with Crippen LogP contribution >= 0.6 is 11.6 Å². The van der Waals surface area contributed by atoms with E-state index in [0.29, 0.717) is 22.8 Å². The maximum atomic E-state index is 12.0. The van der Waals surface area contributed by atoms with E-state index in [2.05, 4.69) is 22.4 Å². The average Bonchev–Trinajstić information content (AvgIpc) is 2.89. The van der Waals surface area contributed by atoms with Gasteiger partial charge in [-0.2, -0.15) is 5.10 Å². The number of nitrogens with one attached hydrogen (secondary N) is 2. The molecule has 0 aliphatic rings. The van der Waals surface area contributed by atoms with Crippen molar-refractivity contribution in [2.75, 3.05) is 6.54 Å². The fraction of sp³-hybridized carbons (Fsp3) is 0.286. The lowest BCUT2D eigenvalue weighted by molar-refractivity contribution is 0.0954. The van der Waals surface area contributed by atoms with Crippen molar-refractivity contribution in [3.05, 3.63) is 41.0 Å². The van der Waals surface area contributed by atoms with Gasteiger partial charge in [-0.05, 0) is 18.6 Å². The number of carbonyl (C=O) groups excluding carboxylic acids is 1. The smallest absolute Gasteiger partial charge is 0.255 e. The van der Waals surface area contributed by atoms with Gasteiger partial charge in [0.05, 0.1) is 17.5 Å². The summed E-state index contributed by atoms with van der Waals surface area (Å²) in [6.45, 7) is 2.77. The Morgan fingerprint density at radius 1 is 1.37 bits per heavy atom. The number of benzene rings is 1. The summed E-state index contributed by atoms with van der Waals surface area (Å²) >= 11 is 5.85. The molecule has 1 aromatic carbocycles. The highest BCUT2D eigenvalue weighted by Gasteiger charge is 2.14. The van der Waals surface area contributed by atoms with Crippen molar-refractivity contribution < 1.29 is 4.79 Å². The van der Waals surface area contributed by atoms with Gasteiger partial charge in [0.1, 0.15) is 0 Å². The third kappa shape index (κ3) is 3.35. The summed E-state index contributed by atoms with van der Waals surface area (Å²) < 4.78 is 0. The fourth-order valence-corrected chi connectivity index (χ4v) is 1.89. The standard InChI is InChI=1S/C14H16ClN3O/c1-2-3-8-16-14(19)12-9-17-18-13(12)10-4-6-11(15)7-5-10/h4-7,9H,2-3,8H2,1H3,(H,16,19)(H,17,18). The van der Waals surface area contributed by atoms with Crippen molar-refractivity contribution in [3.63, 3.8) is 0 Å². The number of rotatable bonds is 5. The summed E-state index contributed by atoms with van der Waals surface area (Å²) in [5.41, 5.74) is 2.16. The predicted molar refractivity (Wildman–Crippen MR) is 76.3 cm³/mol. The first kappa shape index (κ1) is 13.6. The lowest BCUT2D eigenvalue weighted by atomic mass is 10.1. The van der Waals surface area contributed by atoms with Crippen LogP contribution in [0.5, 0.6) is 0 Å². The van der Waals surface area contributed by atoms with Gasteiger partial charge >= 0.3 is 0 Å². The van der Waals surface area contributed by atoms with Gasteiger partial charge in [0.2, 0.25) is 0 Å². The largest absolute Gasteiger partial charge is 0.352 e. The minimum absolute atomic E-state index is 0.104. The van der Waals surface area contributed by atoms with Crippen molar-refractivity contribution >= 4 is 17.5 Å². The van der Waals surface area contributed by atoms with Crippen LogP contribution in [0.4, 0.5) is 0 Å². The fourth-order valence-electron chi connectivity index (χ4n) is 1.77. The van der Waals surface area contributed by atoms with Gasteiger partial charge in [0.25, 0.3) is 5.91 Å². The molecule has 0 bridgehead atoms. The van der Waals surface area contributed by atoms with Crippen LogP contribution in [0.3, 0.4) is 0 Å². The van der Waals surface area contributed by atoms with E-state index >= 15 is 0 Å². The van der Waals surface area contributed by atoms with E-state index in [4.69, 9.17) is 11.6 Å². The minimum atomic E-state index is -0.104. The summed E-state index contributed by atoms with van der Waals surface area (Å²) in [6, 6.07) is 7.30. The first-order valence-electron chi connectivity index (χ1n) is 6.30. The number of aromatic amines is 1. The summed E-state index contributed by atoms with van der Waals surface area (Å²) in [7, 11) is 0. The molecule has 100 valence electrons. The van der Waals surface area contributed by atoms with Crippen LogP contribution in [-0.2, 0) is 0 Å². The highest BCUT2D eigenvalue weighted by molar-refractivity contribution is 6.30. The van der Waals surface area contributed by atoms with Crippen LogP contribution in [0.1, 0.15) is 30.1 Å². The monoisotopic (exact) mass is 277 g/mol. The Labute approximate surface area is 117 Å². The number of amides is 1. The maximum absolute atomic E-state index is 12.0. The van der Waals surface area contributed by atoms with Crippen LogP contribution < -0.4 is 5.32 Å². The minimum Gasteiger partial charge on any atom is -0.352 e. The third-order valence-electron chi connectivity index (χ3n) is 2.83. The predicted octanol–water partition coefficient (Wildman–Crippen LogP) is 3.26. The molecule has 0 fully saturated rings. The van der Waals surface area contributed by atoms with E-state index < -0.39 is 0 Å². The molecule has 5 heteroatoms. The maximum Gasteiger partial charge on any atom is 0.255 e. The molecule has 0 spiro atoms. The lowest BCUT2D eigenvalue weighted by Gasteiger charge is -2.05. The molecule has 1 heterocycles. The molecule has 0 saturated heterocycles. The second kappa shape index (κ2) is 6.38. The molecular weight excluding hydrogens is 262 g/mol. The normalized spacial score (nSPS) is 10.4. The Balaban J connectivity index is 2.17. The SMILES string of the molecule is CCCCNC(=O)c1cn[nH]c1-c1ccc(Cl)cc1. The quantitative estimate of drug-likeness (QED) is 0.824. The molecule has 0 radical (unpaired) electrons. The molecule has 0 aliphatic carbocycles. The summed E-state index contributed by atoms with van der Waals surface area (Å²) in [5, 5.41) is 10.4. The zero-order valence-electron chi connectivity index (χ0n) is 10.7. The molecule has 2 N–H and O–H groups in total. The summed E-state index contributed by atoms with van der Waals surface area (Å²) in [5.74, 6) is -0.104. The zero-order chi connectivity index (χ0) is 13.7. The molecule has 4 nitrogen and oxygen atoms in total. The van der Waals surface area contributed by atoms with Crippen LogP contribution in [-0.4, -0.2) is 22.6 Å². The van der Waals surface area contributed by atoms with Gasteiger partial charge in [-0.1, -0.05) is 37.1 Å². The van der Waals surface area contributed by atoms with E-state index in [1.165, 1.54) is 0 Å². The van der Waals surface area contributed by atoms with Crippen LogP contribution in [0.15, 0.2) is 30.5 Å². The molecule has 19 heavy (non-hydrogen) atoms. The van der Waals surface area contributed by atoms with Crippen LogP contribution in [0, 0.1) is 0 Å². The Kier molecular flexibility index (Phi) is 4.58. The van der Waals surface area contributed by atoms with Crippen molar-refractivity contribution in [1.29, 1.82) is 0 Å². The molecule has 0 saturated carbocycles. The molecule has 2 rings (SSSR count). The number of nitrogens with zero attached hydrogens (tertiary/aromatic N) is 1. The molecule has 0 atom stereocenters. The second-order valence-corrected chi connectivity index (χ2v) is 4.71. The molecule has 1 aromatic heterocycles. The molecule has 1 amide bonds. The van der Waals surface area contributed by atoms with Crippen molar-refractivity contribution in [2.45, 2.75) is 19.8 Å². The number of halogens is 1. The number of hydrogen-bond donors (Lipinski definition) is 2. The number of carbonyl (C=O) groups is 1. The number of unbranched alkanes of at least 4 members (excludes halogenated alkanes) is 1. The van der Waals surface area contributed by atoms with E-state index in [1.807, 2.05) is 12.1 Å². The Bertz CT molecular complexity index is 548. The topological polar surface area (TPSA) is 57.8 Å². The zero-order valence-corrected chi connectivity index (χ0v) is 11.5. The number of hydrogen-bond acceptors (Lipinski definition) is 2. The van der Waals surface area contributed by atoms with E-state index in [9.17, 15) is 4.79 Å². The highest BCUT2D eigenvalue weighted by atomic mass is 35.5. The number of aromatic nitrogens is 2. The van der Waals surface area contributed by atoms with E-state index in [-0.39, 0.29) is 5.91 Å². The van der Waals surface area contributed by atoms with Crippen molar-refractivity contribution in [2.24, 2.45) is 0 Å². The van der Waals surface area contributed by atoms with Gasteiger partial charge < -0.3 is 5.32 Å². The van der Waals surface area contributed by atoms with Gasteiger partial charge in [-0.15, -0.1) is 0 Å². The molecule has 0 unspecified atom stereocenters. The van der Waals surface area contributed by atoms with Crippen LogP contribution in [0.2, 0.25) is 5.02 Å². The number of H-pyrrole nitrogens is 1. The molecule has 0 aliphatic heterocycles.